The van der Waals surface area contributed by atoms with Crippen LogP contribution in [-0.4, -0.2) is 30.9 Å². The first-order valence-electron chi connectivity index (χ1n) is 6.76. The maximum Gasteiger partial charge on any atom is 0.119 e. The van der Waals surface area contributed by atoms with Gasteiger partial charge >= 0.3 is 0 Å². The van der Waals surface area contributed by atoms with E-state index in [1.807, 2.05) is 18.2 Å². The van der Waals surface area contributed by atoms with Crippen molar-refractivity contribution in [1.29, 1.82) is 0 Å². The lowest BCUT2D eigenvalue weighted by Gasteiger charge is -2.25. The number of halogens is 1. The third-order valence-electron chi connectivity index (χ3n) is 3.36. The van der Waals surface area contributed by atoms with E-state index in [0.717, 1.165) is 23.2 Å². The Hall–Kier alpha value is -0.330. The van der Waals surface area contributed by atoms with E-state index in [1.54, 1.807) is 7.11 Å². The van der Waals surface area contributed by atoms with Gasteiger partial charge in [0.25, 0.3) is 0 Å². The Balaban J connectivity index is 1.91. The molecule has 4 heteroatoms. The average Bonchev–Trinajstić information content (AvgIpc) is 2.49. The van der Waals surface area contributed by atoms with Crippen LogP contribution in [0.25, 0.3) is 0 Å². The fraction of sp³-hybridized carbons (Fsp3) is 0.600. The smallest absolute Gasteiger partial charge is 0.119 e. The summed E-state index contributed by atoms with van der Waals surface area (Å²) < 4.78 is 17.9. The summed E-state index contributed by atoms with van der Waals surface area (Å²) in [7, 11) is 1.69. The van der Waals surface area contributed by atoms with Crippen LogP contribution < -0.4 is 4.74 Å². The summed E-state index contributed by atoms with van der Waals surface area (Å²) >= 11 is 2.36. The van der Waals surface area contributed by atoms with Crippen LogP contribution >= 0.6 is 22.6 Å². The predicted molar refractivity (Wildman–Crippen MR) is 84.2 cm³/mol. The summed E-state index contributed by atoms with van der Waals surface area (Å²) in [5.41, 5.74) is 1.17. The molecule has 19 heavy (non-hydrogen) atoms. The molecular weight excluding hydrogens is 355 g/mol. The minimum Gasteiger partial charge on any atom is -0.497 e. The third-order valence-corrected chi connectivity index (χ3v) is 4.16. The van der Waals surface area contributed by atoms with Crippen LogP contribution in [0.1, 0.15) is 30.9 Å². The largest absolute Gasteiger partial charge is 0.497 e. The second kappa shape index (κ2) is 8.07. The number of hydrogen-bond acceptors (Lipinski definition) is 3. The lowest BCUT2D eigenvalue weighted by molar-refractivity contribution is -0.0582. The predicted octanol–water partition coefficient (Wildman–Crippen LogP) is 3.76. The van der Waals surface area contributed by atoms with Gasteiger partial charge < -0.3 is 14.2 Å². The van der Waals surface area contributed by atoms with Gasteiger partial charge in [-0.1, -0.05) is 34.7 Å². The van der Waals surface area contributed by atoms with Crippen molar-refractivity contribution < 1.29 is 14.2 Å². The summed E-state index contributed by atoms with van der Waals surface area (Å²) in [6.07, 6.45) is 3.93. The fourth-order valence-electron chi connectivity index (χ4n) is 2.23. The Morgan fingerprint density at radius 2 is 2.32 bits per heavy atom. The standard InChI is InChI=1S/C15H21IO3/c1-17-13-7-4-5-12(9-13)15(10-16)19-11-14-6-2-3-8-18-14/h4-5,7,9,14-15H,2-3,6,8,10-11H2,1H3. The first-order chi connectivity index (χ1) is 9.33. The van der Waals surface area contributed by atoms with E-state index in [9.17, 15) is 0 Å². The molecule has 2 unspecified atom stereocenters. The van der Waals surface area contributed by atoms with Gasteiger partial charge in [0.15, 0.2) is 0 Å². The molecule has 0 N–H and O–H groups in total. The molecule has 3 nitrogen and oxygen atoms in total. The van der Waals surface area contributed by atoms with Gasteiger partial charge in [0.05, 0.1) is 25.9 Å². The monoisotopic (exact) mass is 376 g/mol. The highest BCUT2D eigenvalue weighted by atomic mass is 127. The van der Waals surface area contributed by atoms with Gasteiger partial charge in [0.1, 0.15) is 5.75 Å². The van der Waals surface area contributed by atoms with Gasteiger partial charge in [-0.05, 0) is 37.0 Å². The molecular formula is C15H21IO3. The molecule has 106 valence electrons. The molecule has 2 rings (SSSR count). The maximum absolute atomic E-state index is 6.03. The number of hydrogen-bond donors (Lipinski definition) is 0. The summed E-state index contributed by atoms with van der Waals surface area (Å²) in [6.45, 7) is 1.56. The lowest BCUT2D eigenvalue weighted by atomic mass is 10.1. The van der Waals surface area contributed by atoms with Crippen LogP contribution in [0.5, 0.6) is 5.75 Å². The van der Waals surface area contributed by atoms with Gasteiger partial charge in [-0.15, -0.1) is 0 Å². The Morgan fingerprint density at radius 1 is 1.42 bits per heavy atom. The van der Waals surface area contributed by atoms with Crippen molar-refractivity contribution >= 4 is 22.6 Å². The van der Waals surface area contributed by atoms with Crippen molar-refractivity contribution in [2.75, 3.05) is 24.8 Å². The maximum atomic E-state index is 6.03. The van der Waals surface area contributed by atoms with E-state index < -0.39 is 0 Å². The summed E-state index contributed by atoms with van der Waals surface area (Å²) in [6, 6.07) is 8.10. The van der Waals surface area contributed by atoms with E-state index >= 15 is 0 Å². The van der Waals surface area contributed by atoms with Crippen LogP contribution in [0.4, 0.5) is 0 Å². The highest BCUT2D eigenvalue weighted by molar-refractivity contribution is 14.1. The zero-order chi connectivity index (χ0) is 13.5. The number of rotatable bonds is 6. The van der Waals surface area contributed by atoms with E-state index in [2.05, 4.69) is 28.7 Å². The molecule has 1 aliphatic rings. The first kappa shape index (κ1) is 15.1. The lowest BCUT2D eigenvalue weighted by Crippen LogP contribution is -2.25. The van der Waals surface area contributed by atoms with Crippen LogP contribution in [0.2, 0.25) is 0 Å². The van der Waals surface area contributed by atoms with Crippen molar-refractivity contribution in [1.82, 2.24) is 0 Å². The average molecular weight is 376 g/mol. The second-order valence-corrected chi connectivity index (χ2v) is 5.62. The van der Waals surface area contributed by atoms with Crippen molar-refractivity contribution in [3.63, 3.8) is 0 Å². The van der Waals surface area contributed by atoms with Gasteiger partial charge in [0, 0.05) is 11.0 Å². The topological polar surface area (TPSA) is 27.7 Å². The Labute approximate surface area is 128 Å². The molecule has 1 heterocycles. The van der Waals surface area contributed by atoms with Gasteiger partial charge in [-0.3, -0.25) is 0 Å². The molecule has 0 aromatic heterocycles. The van der Waals surface area contributed by atoms with Crippen LogP contribution in [-0.2, 0) is 9.47 Å². The van der Waals surface area contributed by atoms with Crippen molar-refractivity contribution in [3.05, 3.63) is 29.8 Å². The van der Waals surface area contributed by atoms with Crippen LogP contribution in [0.15, 0.2) is 24.3 Å². The Bertz CT molecular complexity index is 377. The molecule has 0 aliphatic carbocycles. The molecule has 0 saturated carbocycles. The third kappa shape index (κ3) is 4.61. The second-order valence-electron chi connectivity index (χ2n) is 4.74. The molecule has 0 bridgehead atoms. The molecule has 1 saturated heterocycles. The zero-order valence-corrected chi connectivity index (χ0v) is 13.5. The zero-order valence-electron chi connectivity index (χ0n) is 11.3. The van der Waals surface area contributed by atoms with Crippen molar-refractivity contribution in [2.24, 2.45) is 0 Å². The van der Waals surface area contributed by atoms with Gasteiger partial charge in [-0.2, -0.15) is 0 Å². The van der Waals surface area contributed by atoms with E-state index in [1.165, 1.54) is 18.4 Å². The first-order valence-corrected chi connectivity index (χ1v) is 8.29. The quantitative estimate of drug-likeness (QED) is 0.559. The summed E-state index contributed by atoms with van der Waals surface area (Å²) in [5.74, 6) is 0.880. The fourth-order valence-corrected chi connectivity index (χ4v) is 3.00. The molecule has 1 fully saturated rings. The highest BCUT2D eigenvalue weighted by Crippen LogP contribution is 2.25. The molecule has 0 amide bonds. The number of methoxy groups -OCH3 is 1. The Kier molecular flexibility index (Phi) is 6.40. The summed E-state index contributed by atoms with van der Waals surface area (Å²) in [5, 5.41) is 0. The van der Waals surface area contributed by atoms with Crippen LogP contribution in [0.3, 0.4) is 0 Å². The molecule has 0 radical (unpaired) electrons. The molecule has 1 aromatic rings. The molecule has 1 aliphatic heterocycles. The number of ether oxygens (including phenoxy) is 3. The van der Waals surface area contributed by atoms with Gasteiger partial charge in [-0.25, -0.2) is 0 Å². The van der Waals surface area contributed by atoms with E-state index in [0.29, 0.717) is 6.61 Å². The van der Waals surface area contributed by atoms with Crippen LogP contribution in [0, 0.1) is 0 Å². The van der Waals surface area contributed by atoms with E-state index in [-0.39, 0.29) is 12.2 Å². The minimum absolute atomic E-state index is 0.112. The molecule has 2 atom stereocenters. The Morgan fingerprint density at radius 3 is 3.00 bits per heavy atom. The van der Waals surface area contributed by atoms with Crippen molar-refractivity contribution in [3.8, 4) is 5.75 Å². The van der Waals surface area contributed by atoms with Gasteiger partial charge in [0.2, 0.25) is 0 Å². The SMILES string of the molecule is COc1cccc(C(CI)OCC2CCCCO2)c1. The molecule has 1 aromatic carbocycles. The highest BCUT2D eigenvalue weighted by Gasteiger charge is 2.18. The molecule has 0 spiro atoms. The minimum atomic E-state index is 0.112. The van der Waals surface area contributed by atoms with Crippen molar-refractivity contribution in [2.45, 2.75) is 31.5 Å². The normalized spacial score (nSPS) is 21.1. The number of alkyl halides is 1. The summed E-state index contributed by atoms with van der Waals surface area (Å²) in [4.78, 5) is 0. The van der Waals surface area contributed by atoms with E-state index in [4.69, 9.17) is 14.2 Å². The number of benzene rings is 1.